The second kappa shape index (κ2) is 4.07. The van der Waals surface area contributed by atoms with Crippen molar-refractivity contribution >= 4 is 5.97 Å². The zero-order valence-corrected chi connectivity index (χ0v) is 8.44. The van der Waals surface area contributed by atoms with Gasteiger partial charge in [-0.15, -0.1) is 0 Å². The fourth-order valence-corrected chi connectivity index (χ4v) is 1.52. The van der Waals surface area contributed by atoms with Gasteiger partial charge < -0.3 is 14.2 Å². The summed E-state index contributed by atoms with van der Waals surface area (Å²) in [5.74, 6) is -0.105. The Balaban J connectivity index is 2.66. The lowest BCUT2D eigenvalue weighted by atomic mass is 9.94. The number of carbonyl (C=O) groups is 1. The molecule has 1 rings (SSSR count). The van der Waals surface area contributed by atoms with Gasteiger partial charge >= 0.3 is 5.97 Å². The molecule has 76 valence electrons. The molecule has 3 atom stereocenters. The number of hydrogen-bond acceptors (Lipinski definition) is 4. The van der Waals surface area contributed by atoms with Crippen molar-refractivity contribution < 1.29 is 19.0 Å². The first-order chi connectivity index (χ1) is 6.11. The lowest BCUT2D eigenvalue weighted by molar-refractivity contribution is -0.183. The molecule has 0 amide bonds. The summed E-state index contributed by atoms with van der Waals surface area (Å²) in [7, 11) is 3.08. The van der Waals surface area contributed by atoms with Gasteiger partial charge in [-0.05, 0) is 0 Å². The minimum absolute atomic E-state index is 0.0715. The summed E-state index contributed by atoms with van der Waals surface area (Å²) in [6.45, 7) is 3.82. The van der Waals surface area contributed by atoms with Crippen molar-refractivity contribution in [3.63, 3.8) is 0 Å². The van der Waals surface area contributed by atoms with Crippen LogP contribution in [0.15, 0.2) is 0 Å². The van der Waals surface area contributed by atoms with Gasteiger partial charge in [0.05, 0.1) is 5.92 Å². The van der Waals surface area contributed by atoms with Crippen molar-refractivity contribution in [3.8, 4) is 0 Å². The molecule has 13 heavy (non-hydrogen) atoms. The van der Waals surface area contributed by atoms with E-state index in [2.05, 4.69) is 0 Å². The van der Waals surface area contributed by atoms with E-state index in [1.807, 2.05) is 13.8 Å². The number of cyclic esters (lactones) is 1. The van der Waals surface area contributed by atoms with E-state index in [9.17, 15) is 4.79 Å². The molecule has 0 N–H and O–H groups in total. The molecule has 0 aromatic heterocycles. The molecule has 0 aromatic carbocycles. The van der Waals surface area contributed by atoms with Crippen molar-refractivity contribution in [1.29, 1.82) is 0 Å². The first kappa shape index (κ1) is 10.5. The maximum Gasteiger partial charge on any atom is 0.309 e. The Morgan fingerprint density at radius 1 is 1.31 bits per heavy atom. The van der Waals surface area contributed by atoms with Crippen LogP contribution in [0.5, 0.6) is 0 Å². The highest BCUT2D eigenvalue weighted by Crippen LogP contribution is 2.30. The molecule has 1 saturated heterocycles. The van der Waals surface area contributed by atoms with Crippen LogP contribution in [0.1, 0.15) is 13.8 Å². The maximum absolute atomic E-state index is 11.2. The third kappa shape index (κ3) is 1.84. The van der Waals surface area contributed by atoms with Gasteiger partial charge in [0, 0.05) is 20.1 Å². The van der Waals surface area contributed by atoms with Crippen LogP contribution >= 0.6 is 0 Å². The fourth-order valence-electron chi connectivity index (χ4n) is 1.52. The number of carbonyl (C=O) groups excluding carboxylic acids is 1. The van der Waals surface area contributed by atoms with Crippen LogP contribution < -0.4 is 0 Å². The lowest BCUT2D eigenvalue weighted by Gasteiger charge is -2.22. The number of hydrogen-bond donors (Lipinski definition) is 0. The number of esters is 1. The van der Waals surface area contributed by atoms with E-state index >= 15 is 0 Å². The SMILES string of the molecule is COC(OC)[C@H]1OC(=O)C(C)C1C. The van der Waals surface area contributed by atoms with Crippen molar-refractivity contribution in [3.05, 3.63) is 0 Å². The van der Waals surface area contributed by atoms with Crippen LogP contribution in [0.3, 0.4) is 0 Å². The van der Waals surface area contributed by atoms with Crippen molar-refractivity contribution in [2.75, 3.05) is 14.2 Å². The molecular weight excluding hydrogens is 172 g/mol. The second-order valence-corrected chi connectivity index (χ2v) is 3.39. The van der Waals surface area contributed by atoms with Gasteiger partial charge in [0.1, 0.15) is 0 Å². The Morgan fingerprint density at radius 3 is 2.15 bits per heavy atom. The minimum Gasteiger partial charge on any atom is -0.456 e. The van der Waals surface area contributed by atoms with Gasteiger partial charge in [-0.2, -0.15) is 0 Å². The van der Waals surface area contributed by atoms with Gasteiger partial charge in [-0.1, -0.05) is 13.8 Å². The molecule has 0 aliphatic carbocycles. The zero-order chi connectivity index (χ0) is 10.0. The zero-order valence-electron chi connectivity index (χ0n) is 8.44. The summed E-state index contributed by atoms with van der Waals surface area (Å²) < 4.78 is 15.2. The topological polar surface area (TPSA) is 44.8 Å². The molecule has 4 heteroatoms. The van der Waals surface area contributed by atoms with E-state index in [-0.39, 0.29) is 23.9 Å². The Labute approximate surface area is 78.2 Å². The normalized spacial score (nSPS) is 33.9. The van der Waals surface area contributed by atoms with E-state index in [4.69, 9.17) is 14.2 Å². The minimum atomic E-state index is -0.455. The Kier molecular flexibility index (Phi) is 3.27. The summed E-state index contributed by atoms with van der Waals surface area (Å²) in [5.41, 5.74) is 0. The van der Waals surface area contributed by atoms with Gasteiger partial charge in [-0.25, -0.2) is 0 Å². The molecule has 0 aromatic rings. The summed E-state index contributed by atoms with van der Waals surface area (Å²) >= 11 is 0. The monoisotopic (exact) mass is 188 g/mol. The molecule has 2 unspecified atom stereocenters. The van der Waals surface area contributed by atoms with Crippen molar-refractivity contribution in [2.45, 2.75) is 26.2 Å². The Bertz CT molecular complexity index is 188. The average Bonchev–Trinajstić information content (AvgIpc) is 2.36. The highest BCUT2D eigenvalue weighted by Gasteiger charge is 2.43. The maximum atomic E-state index is 11.2. The van der Waals surface area contributed by atoms with Gasteiger partial charge in [0.2, 0.25) is 0 Å². The molecular formula is C9H16O4. The van der Waals surface area contributed by atoms with E-state index < -0.39 is 6.29 Å². The smallest absolute Gasteiger partial charge is 0.309 e. The quantitative estimate of drug-likeness (QED) is 0.485. The highest BCUT2D eigenvalue weighted by molar-refractivity contribution is 5.74. The summed E-state index contributed by atoms with van der Waals surface area (Å²) in [5, 5.41) is 0. The second-order valence-electron chi connectivity index (χ2n) is 3.39. The Hall–Kier alpha value is -0.610. The van der Waals surface area contributed by atoms with Crippen LogP contribution in [-0.4, -0.2) is 32.6 Å². The first-order valence-electron chi connectivity index (χ1n) is 4.38. The van der Waals surface area contributed by atoms with Crippen LogP contribution in [0.25, 0.3) is 0 Å². The number of methoxy groups -OCH3 is 2. The standard InChI is InChI=1S/C9H16O4/c1-5-6(2)8(10)13-7(5)9(11-3)12-4/h5-7,9H,1-4H3/t5?,6?,7-/m0/s1. The summed E-state index contributed by atoms with van der Waals surface area (Å²) in [4.78, 5) is 11.2. The van der Waals surface area contributed by atoms with E-state index in [1.165, 1.54) is 14.2 Å². The van der Waals surface area contributed by atoms with Crippen molar-refractivity contribution in [2.24, 2.45) is 11.8 Å². The summed E-state index contributed by atoms with van der Waals surface area (Å²) in [6.07, 6.45) is -0.735. The molecule has 0 saturated carbocycles. The van der Waals surface area contributed by atoms with Crippen LogP contribution in [0, 0.1) is 11.8 Å². The average molecular weight is 188 g/mol. The van der Waals surface area contributed by atoms with Crippen LogP contribution in [-0.2, 0) is 19.0 Å². The van der Waals surface area contributed by atoms with Gasteiger partial charge in [0.25, 0.3) is 0 Å². The molecule has 1 aliphatic rings. The molecule has 1 aliphatic heterocycles. The number of rotatable bonds is 3. The van der Waals surface area contributed by atoms with E-state index in [0.29, 0.717) is 0 Å². The predicted molar refractivity (Wildman–Crippen MR) is 46.0 cm³/mol. The fraction of sp³-hybridized carbons (Fsp3) is 0.889. The molecule has 0 radical (unpaired) electrons. The van der Waals surface area contributed by atoms with Crippen molar-refractivity contribution in [1.82, 2.24) is 0 Å². The van der Waals surface area contributed by atoms with E-state index in [0.717, 1.165) is 0 Å². The predicted octanol–water partition coefficient (Wildman–Crippen LogP) is 0.803. The first-order valence-corrected chi connectivity index (χ1v) is 4.38. The lowest BCUT2D eigenvalue weighted by Crippen LogP contribution is -2.34. The largest absolute Gasteiger partial charge is 0.456 e. The highest BCUT2D eigenvalue weighted by atomic mass is 16.7. The Morgan fingerprint density at radius 2 is 1.85 bits per heavy atom. The molecule has 1 heterocycles. The molecule has 1 fully saturated rings. The molecule has 0 bridgehead atoms. The third-order valence-electron chi connectivity index (χ3n) is 2.66. The molecule has 0 spiro atoms. The number of ether oxygens (including phenoxy) is 3. The third-order valence-corrected chi connectivity index (χ3v) is 2.66. The van der Waals surface area contributed by atoms with Crippen LogP contribution in [0.4, 0.5) is 0 Å². The van der Waals surface area contributed by atoms with Gasteiger partial charge in [0.15, 0.2) is 12.4 Å². The molecule has 4 nitrogen and oxygen atoms in total. The van der Waals surface area contributed by atoms with Gasteiger partial charge in [-0.3, -0.25) is 4.79 Å². The summed E-state index contributed by atoms with van der Waals surface area (Å²) in [6, 6.07) is 0. The van der Waals surface area contributed by atoms with Crippen LogP contribution in [0.2, 0.25) is 0 Å². The van der Waals surface area contributed by atoms with E-state index in [1.54, 1.807) is 0 Å².